The number of unbranched alkanes of at least 4 members (excludes halogenated alkanes) is 2. The van der Waals surface area contributed by atoms with Gasteiger partial charge in [0, 0.05) is 17.7 Å². The lowest BCUT2D eigenvalue weighted by atomic mass is 10.1. The molecule has 27 heavy (non-hydrogen) atoms. The number of aromatic amines is 1. The predicted molar refractivity (Wildman–Crippen MR) is 103 cm³/mol. The summed E-state index contributed by atoms with van der Waals surface area (Å²) < 4.78 is 38.0. The fourth-order valence-corrected chi connectivity index (χ4v) is 2.78. The smallest absolute Gasteiger partial charge is 0.168 e. The molecule has 0 saturated carbocycles. The zero-order valence-corrected chi connectivity index (χ0v) is 15.4. The van der Waals surface area contributed by atoms with Gasteiger partial charge in [0.15, 0.2) is 23.1 Å². The quantitative estimate of drug-likeness (QED) is 0.524. The number of aromatic nitrogens is 2. The lowest BCUT2D eigenvalue weighted by molar-refractivity contribution is 0.285. The Hall–Kier alpha value is -2.89. The number of nitrogens with zero attached hydrogens (tertiary/aromatic N) is 1. The van der Waals surface area contributed by atoms with Crippen molar-refractivity contribution in [3.63, 3.8) is 0 Å². The van der Waals surface area contributed by atoms with Gasteiger partial charge in [-0.15, -0.1) is 0 Å². The van der Waals surface area contributed by atoms with Gasteiger partial charge in [-0.3, -0.25) is 0 Å². The van der Waals surface area contributed by atoms with Gasteiger partial charge >= 0.3 is 0 Å². The minimum Gasteiger partial charge on any atom is -0.493 e. The van der Waals surface area contributed by atoms with E-state index in [-0.39, 0.29) is 0 Å². The SMILES string of the molecule is CCCCCOc1c(/C=C/c2nc3cc(F)c(F)cc3[nH]2)cccc1OC. The average Bonchev–Trinajstić information content (AvgIpc) is 3.05. The molecule has 0 saturated heterocycles. The van der Waals surface area contributed by atoms with E-state index in [9.17, 15) is 8.78 Å². The molecule has 0 bridgehead atoms. The van der Waals surface area contributed by atoms with Gasteiger partial charge in [0.25, 0.3) is 0 Å². The van der Waals surface area contributed by atoms with Gasteiger partial charge in [-0.25, -0.2) is 13.8 Å². The second kappa shape index (κ2) is 8.66. The summed E-state index contributed by atoms with van der Waals surface area (Å²) in [4.78, 5) is 7.23. The van der Waals surface area contributed by atoms with E-state index >= 15 is 0 Å². The maximum atomic E-state index is 13.3. The van der Waals surface area contributed by atoms with Gasteiger partial charge in [0.1, 0.15) is 5.82 Å². The Kier molecular flexibility index (Phi) is 6.06. The number of hydrogen-bond donors (Lipinski definition) is 1. The van der Waals surface area contributed by atoms with Gasteiger partial charge in [-0.2, -0.15) is 0 Å². The predicted octanol–water partition coefficient (Wildman–Crippen LogP) is 5.59. The van der Waals surface area contributed by atoms with Crippen molar-refractivity contribution in [3.8, 4) is 11.5 Å². The summed E-state index contributed by atoms with van der Waals surface area (Å²) in [6, 6.07) is 7.81. The first-order valence-corrected chi connectivity index (χ1v) is 8.95. The molecule has 4 nitrogen and oxygen atoms in total. The average molecular weight is 372 g/mol. The Morgan fingerprint density at radius 1 is 1.11 bits per heavy atom. The molecule has 0 atom stereocenters. The zero-order valence-electron chi connectivity index (χ0n) is 15.4. The highest BCUT2D eigenvalue weighted by molar-refractivity contribution is 5.80. The van der Waals surface area contributed by atoms with Gasteiger partial charge in [-0.1, -0.05) is 31.9 Å². The minimum atomic E-state index is -0.917. The summed E-state index contributed by atoms with van der Waals surface area (Å²) in [5.74, 6) is -0.00460. The third kappa shape index (κ3) is 4.45. The molecule has 0 radical (unpaired) electrons. The first kappa shape index (κ1) is 18.9. The number of H-pyrrole nitrogens is 1. The number of benzene rings is 2. The number of fused-ring (bicyclic) bond motifs is 1. The number of methoxy groups -OCH3 is 1. The molecule has 0 unspecified atom stereocenters. The molecular formula is C21H22F2N2O2. The van der Waals surface area contributed by atoms with Crippen LogP contribution in [0.3, 0.4) is 0 Å². The first-order valence-electron chi connectivity index (χ1n) is 8.95. The van der Waals surface area contributed by atoms with Crippen molar-refractivity contribution in [1.82, 2.24) is 9.97 Å². The highest BCUT2D eigenvalue weighted by atomic mass is 19.2. The molecule has 0 spiro atoms. The van der Waals surface area contributed by atoms with Crippen molar-refractivity contribution in [3.05, 3.63) is 53.4 Å². The normalized spacial score (nSPS) is 11.4. The molecular weight excluding hydrogens is 350 g/mol. The Balaban J connectivity index is 1.85. The van der Waals surface area contributed by atoms with E-state index < -0.39 is 11.6 Å². The monoisotopic (exact) mass is 372 g/mol. The molecule has 0 fully saturated rings. The van der Waals surface area contributed by atoms with Crippen molar-refractivity contribution >= 4 is 23.2 Å². The van der Waals surface area contributed by atoms with Crippen LogP contribution in [0.5, 0.6) is 11.5 Å². The highest BCUT2D eigenvalue weighted by Gasteiger charge is 2.10. The Labute approximate surface area is 156 Å². The zero-order chi connectivity index (χ0) is 19.2. The Morgan fingerprint density at radius 3 is 2.70 bits per heavy atom. The molecule has 0 aliphatic carbocycles. The summed E-state index contributed by atoms with van der Waals surface area (Å²) in [6.45, 7) is 2.75. The van der Waals surface area contributed by atoms with Crippen LogP contribution in [0.15, 0.2) is 30.3 Å². The van der Waals surface area contributed by atoms with Crippen LogP contribution in [0, 0.1) is 11.6 Å². The van der Waals surface area contributed by atoms with Crippen LogP contribution in [0.1, 0.15) is 37.6 Å². The number of para-hydroxylation sites is 1. The van der Waals surface area contributed by atoms with E-state index in [1.807, 2.05) is 24.3 Å². The first-order chi connectivity index (χ1) is 13.1. The molecule has 0 aliphatic rings. The van der Waals surface area contributed by atoms with E-state index in [0.717, 1.165) is 37.0 Å². The van der Waals surface area contributed by atoms with Crippen LogP contribution in [-0.4, -0.2) is 23.7 Å². The van der Waals surface area contributed by atoms with Crippen molar-refractivity contribution in [2.75, 3.05) is 13.7 Å². The van der Waals surface area contributed by atoms with Crippen molar-refractivity contribution in [1.29, 1.82) is 0 Å². The Bertz CT molecular complexity index is 912. The number of nitrogens with one attached hydrogen (secondary N) is 1. The topological polar surface area (TPSA) is 47.1 Å². The second-order valence-corrected chi connectivity index (χ2v) is 6.17. The second-order valence-electron chi connectivity index (χ2n) is 6.17. The number of halogens is 2. The van der Waals surface area contributed by atoms with Crippen LogP contribution < -0.4 is 9.47 Å². The van der Waals surface area contributed by atoms with Gasteiger partial charge in [-0.05, 0) is 24.6 Å². The summed E-state index contributed by atoms with van der Waals surface area (Å²) in [6.07, 6.45) is 6.77. The van der Waals surface area contributed by atoms with E-state index in [1.54, 1.807) is 13.2 Å². The van der Waals surface area contributed by atoms with E-state index in [4.69, 9.17) is 9.47 Å². The van der Waals surface area contributed by atoms with E-state index in [1.165, 1.54) is 0 Å². The number of rotatable bonds is 8. The van der Waals surface area contributed by atoms with Crippen molar-refractivity contribution in [2.24, 2.45) is 0 Å². The van der Waals surface area contributed by atoms with Crippen LogP contribution in [-0.2, 0) is 0 Å². The van der Waals surface area contributed by atoms with Gasteiger partial charge < -0.3 is 14.5 Å². The van der Waals surface area contributed by atoms with Crippen molar-refractivity contribution < 1.29 is 18.3 Å². The summed E-state index contributed by atoms with van der Waals surface area (Å²) in [7, 11) is 1.60. The van der Waals surface area contributed by atoms with Crippen LogP contribution >= 0.6 is 0 Å². The lowest BCUT2D eigenvalue weighted by Crippen LogP contribution is -2.00. The highest BCUT2D eigenvalue weighted by Crippen LogP contribution is 2.32. The Morgan fingerprint density at radius 2 is 1.93 bits per heavy atom. The molecule has 3 rings (SSSR count). The minimum absolute atomic E-state index is 0.371. The molecule has 142 valence electrons. The van der Waals surface area contributed by atoms with E-state index in [0.29, 0.717) is 35.0 Å². The molecule has 1 N–H and O–H groups in total. The maximum Gasteiger partial charge on any atom is 0.168 e. The molecule has 0 amide bonds. The molecule has 3 aromatic rings. The number of imidazole rings is 1. The van der Waals surface area contributed by atoms with Crippen LogP contribution in [0.25, 0.3) is 23.2 Å². The molecule has 1 heterocycles. The van der Waals surface area contributed by atoms with Crippen LogP contribution in [0.2, 0.25) is 0 Å². The fourth-order valence-electron chi connectivity index (χ4n) is 2.78. The maximum absolute atomic E-state index is 13.3. The summed E-state index contributed by atoms with van der Waals surface area (Å²) in [5.41, 5.74) is 1.65. The molecule has 1 aromatic heterocycles. The fraction of sp³-hybridized carbons (Fsp3) is 0.286. The molecule has 6 heteroatoms. The third-order valence-corrected chi connectivity index (χ3v) is 4.19. The third-order valence-electron chi connectivity index (χ3n) is 4.19. The van der Waals surface area contributed by atoms with Gasteiger partial charge in [0.2, 0.25) is 0 Å². The van der Waals surface area contributed by atoms with Crippen molar-refractivity contribution in [2.45, 2.75) is 26.2 Å². The number of ether oxygens (including phenoxy) is 2. The molecule has 0 aliphatic heterocycles. The summed E-state index contributed by atoms with van der Waals surface area (Å²) in [5, 5.41) is 0. The largest absolute Gasteiger partial charge is 0.493 e. The van der Waals surface area contributed by atoms with E-state index in [2.05, 4.69) is 16.9 Å². The van der Waals surface area contributed by atoms with Crippen LogP contribution in [0.4, 0.5) is 8.78 Å². The van der Waals surface area contributed by atoms with Gasteiger partial charge in [0.05, 0.1) is 24.8 Å². The number of hydrogen-bond acceptors (Lipinski definition) is 3. The lowest BCUT2D eigenvalue weighted by Gasteiger charge is -2.13. The summed E-state index contributed by atoms with van der Waals surface area (Å²) >= 11 is 0. The standard InChI is InChI=1S/C21H22F2N2O2/c1-3-4-5-11-27-21-14(7-6-8-19(21)26-2)9-10-20-24-17-12-15(22)16(23)13-18(17)25-20/h6-10,12-13H,3-5,11H2,1-2H3,(H,24,25)/b10-9+. The molecule has 2 aromatic carbocycles.